The number of benzene rings is 3. The molecule has 0 amide bonds. The summed E-state index contributed by atoms with van der Waals surface area (Å²) in [6.45, 7) is 0. The normalized spacial score (nSPS) is 10.5. The minimum Gasteiger partial charge on any atom is -0.457 e. The number of nitro groups is 1. The first-order valence-electron chi connectivity index (χ1n) is 9.11. The molecule has 7 nitrogen and oxygen atoms in total. The van der Waals surface area contributed by atoms with Crippen molar-refractivity contribution in [1.82, 2.24) is 9.97 Å². The zero-order valence-corrected chi connectivity index (χ0v) is 17.5. The first-order chi connectivity index (χ1) is 15.1. The number of halogens is 1. The average molecular weight is 451 g/mol. The Morgan fingerprint density at radius 2 is 1.58 bits per heavy atom. The van der Waals surface area contributed by atoms with Crippen molar-refractivity contribution in [2.45, 2.75) is 9.92 Å². The molecule has 4 aromatic rings. The van der Waals surface area contributed by atoms with Crippen LogP contribution < -0.4 is 10.1 Å². The zero-order chi connectivity index (χ0) is 21.6. The van der Waals surface area contributed by atoms with Crippen molar-refractivity contribution >= 4 is 40.6 Å². The predicted molar refractivity (Wildman–Crippen MR) is 121 cm³/mol. The lowest BCUT2D eigenvalue weighted by atomic mass is 10.3. The van der Waals surface area contributed by atoms with Crippen LogP contribution in [0.1, 0.15) is 0 Å². The van der Waals surface area contributed by atoms with Gasteiger partial charge in [0, 0.05) is 15.6 Å². The number of nitrogens with one attached hydrogen (secondary N) is 1. The molecule has 1 N–H and O–H groups in total. The summed E-state index contributed by atoms with van der Waals surface area (Å²) in [4.78, 5) is 20.2. The highest BCUT2D eigenvalue weighted by Gasteiger charge is 2.24. The van der Waals surface area contributed by atoms with E-state index in [0.717, 1.165) is 10.6 Å². The van der Waals surface area contributed by atoms with Crippen molar-refractivity contribution in [3.63, 3.8) is 0 Å². The summed E-state index contributed by atoms with van der Waals surface area (Å²) in [5, 5.41) is 15.6. The number of hydrogen-bond acceptors (Lipinski definition) is 7. The monoisotopic (exact) mass is 450 g/mol. The fourth-order valence-electron chi connectivity index (χ4n) is 2.68. The van der Waals surface area contributed by atoms with Gasteiger partial charge in [0.25, 0.3) is 0 Å². The molecule has 0 atom stereocenters. The Kier molecular flexibility index (Phi) is 6.30. The first-order valence-corrected chi connectivity index (χ1v) is 10.3. The Hall–Kier alpha value is -3.62. The van der Waals surface area contributed by atoms with Crippen LogP contribution in [0.5, 0.6) is 11.5 Å². The molecular formula is C22H15ClN4O3S. The van der Waals surface area contributed by atoms with Gasteiger partial charge in [-0.25, -0.2) is 9.97 Å². The van der Waals surface area contributed by atoms with E-state index in [9.17, 15) is 10.1 Å². The molecule has 3 aromatic carbocycles. The van der Waals surface area contributed by atoms with Crippen LogP contribution >= 0.6 is 23.4 Å². The maximum atomic E-state index is 11.8. The molecule has 0 bridgehead atoms. The summed E-state index contributed by atoms with van der Waals surface area (Å²) < 4.78 is 5.77. The molecular weight excluding hydrogens is 436 g/mol. The largest absolute Gasteiger partial charge is 0.457 e. The van der Waals surface area contributed by atoms with E-state index in [4.69, 9.17) is 16.3 Å². The molecule has 1 aromatic heterocycles. The third kappa shape index (κ3) is 5.30. The van der Waals surface area contributed by atoms with E-state index in [1.54, 1.807) is 48.5 Å². The summed E-state index contributed by atoms with van der Waals surface area (Å²) in [5.41, 5.74) is 0.428. The van der Waals surface area contributed by atoms with Crippen LogP contribution in [0.4, 0.5) is 17.2 Å². The molecule has 0 radical (unpaired) electrons. The van der Waals surface area contributed by atoms with Crippen LogP contribution in [0.2, 0.25) is 5.02 Å². The number of ether oxygens (including phenoxy) is 1. The average Bonchev–Trinajstić information content (AvgIpc) is 2.77. The van der Waals surface area contributed by atoms with Gasteiger partial charge in [-0.2, -0.15) is 0 Å². The Labute approximate surface area is 187 Å². The minimum atomic E-state index is -0.493. The van der Waals surface area contributed by atoms with Crippen molar-refractivity contribution in [1.29, 1.82) is 0 Å². The van der Waals surface area contributed by atoms with E-state index in [1.807, 2.05) is 30.3 Å². The van der Waals surface area contributed by atoms with E-state index < -0.39 is 4.92 Å². The highest BCUT2D eigenvalue weighted by molar-refractivity contribution is 7.99. The van der Waals surface area contributed by atoms with Gasteiger partial charge < -0.3 is 10.1 Å². The van der Waals surface area contributed by atoms with E-state index in [1.165, 1.54) is 18.1 Å². The molecule has 31 heavy (non-hydrogen) atoms. The van der Waals surface area contributed by atoms with E-state index in [2.05, 4.69) is 15.3 Å². The molecule has 0 saturated carbocycles. The molecule has 1 heterocycles. The van der Waals surface area contributed by atoms with Gasteiger partial charge in [-0.05, 0) is 60.7 Å². The molecule has 0 aliphatic carbocycles. The van der Waals surface area contributed by atoms with Gasteiger partial charge in [0.1, 0.15) is 17.8 Å². The van der Waals surface area contributed by atoms with E-state index in [0.29, 0.717) is 16.5 Å². The maximum Gasteiger partial charge on any atom is 0.343 e. The minimum absolute atomic E-state index is 0.105. The Balaban J connectivity index is 1.55. The van der Waals surface area contributed by atoms with Crippen LogP contribution in [0.25, 0.3) is 0 Å². The smallest absolute Gasteiger partial charge is 0.343 e. The lowest BCUT2D eigenvalue weighted by Crippen LogP contribution is -2.02. The summed E-state index contributed by atoms with van der Waals surface area (Å²) in [6.07, 6.45) is 1.29. The molecule has 9 heteroatoms. The molecule has 4 rings (SSSR count). The third-order valence-corrected chi connectivity index (χ3v) is 5.35. The number of hydrogen-bond donors (Lipinski definition) is 1. The summed E-state index contributed by atoms with van der Waals surface area (Å²) in [7, 11) is 0. The zero-order valence-electron chi connectivity index (χ0n) is 15.9. The van der Waals surface area contributed by atoms with Gasteiger partial charge in [0.15, 0.2) is 5.03 Å². The Bertz CT molecular complexity index is 1190. The predicted octanol–water partition coefficient (Wildman–Crippen LogP) is 6.73. The first kappa shape index (κ1) is 20.6. The number of nitrogens with zero attached hydrogens (tertiary/aromatic N) is 3. The van der Waals surface area contributed by atoms with Crippen LogP contribution in [-0.4, -0.2) is 14.9 Å². The van der Waals surface area contributed by atoms with Gasteiger partial charge in [-0.1, -0.05) is 41.6 Å². The van der Waals surface area contributed by atoms with Crippen molar-refractivity contribution in [2.24, 2.45) is 0 Å². The number of rotatable bonds is 7. The van der Waals surface area contributed by atoms with E-state index >= 15 is 0 Å². The molecule has 0 saturated heterocycles. The topological polar surface area (TPSA) is 90.2 Å². The lowest BCUT2D eigenvalue weighted by Gasteiger charge is -2.10. The molecule has 0 aliphatic rings. The third-order valence-electron chi connectivity index (χ3n) is 4.10. The highest BCUT2D eigenvalue weighted by atomic mass is 35.5. The standard InChI is InChI=1S/C22H15ClN4O3S/c23-15-6-12-19(13-7-15)31-22-20(27(28)29)21(24-14-25-22)26-16-8-10-18(11-9-16)30-17-4-2-1-3-5-17/h1-14H,(H,24,25,26). The van der Waals surface area contributed by atoms with Crippen molar-refractivity contribution < 1.29 is 9.66 Å². The quantitative estimate of drug-likeness (QED) is 0.190. The van der Waals surface area contributed by atoms with Crippen LogP contribution in [0.3, 0.4) is 0 Å². The molecule has 0 aliphatic heterocycles. The van der Waals surface area contributed by atoms with Gasteiger partial charge in [0.05, 0.1) is 4.92 Å². The fraction of sp³-hybridized carbons (Fsp3) is 0. The highest BCUT2D eigenvalue weighted by Crippen LogP contribution is 2.38. The number of anilines is 2. The van der Waals surface area contributed by atoms with Gasteiger partial charge in [-0.15, -0.1) is 0 Å². The van der Waals surface area contributed by atoms with E-state index in [-0.39, 0.29) is 16.5 Å². The number of aromatic nitrogens is 2. The molecule has 0 unspecified atom stereocenters. The van der Waals surface area contributed by atoms with Gasteiger partial charge in [-0.3, -0.25) is 10.1 Å². The second kappa shape index (κ2) is 9.46. The van der Waals surface area contributed by atoms with Crippen molar-refractivity contribution in [3.05, 3.63) is 100 Å². The fourth-order valence-corrected chi connectivity index (χ4v) is 3.66. The maximum absolute atomic E-state index is 11.8. The molecule has 154 valence electrons. The SMILES string of the molecule is O=[N+]([O-])c1c(Nc2ccc(Oc3ccccc3)cc2)ncnc1Sc1ccc(Cl)cc1. The molecule has 0 fully saturated rings. The number of para-hydroxylation sites is 1. The molecule has 0 spiro atoms. The van der Waals surface area contributed by atoms with Crippen LogP contribution in [0.15, 0.2) is 95.1 Å². The van der Waals surface area contributed by atoms with Crippen molar-refractivity contribution in [2.75, 3.05) is 5.32 Å². The lowest BCUT2D eigenvalue weighted by molar-refractivity contribution is -0.387. The second-order valence-corrected chi connectivity index (χ2v) is 7.75. The summed E-state index contributed by atoms with van der Waals surface area (Å²) >= 11 is 7.07. The second-order valence-electron chi connectivity index (χ2n) is 6.25. The Morgan fingerprint density at radius 1 is 0.903 bits per heavy atom. The van der Waals surface area contributed by atoms with Crippen molar-refractivity contribution in [3.8, 4) is 11.5 Å². The van der Waals surface area contributed by atoms with Gasteiger partial charge >= 0.3 is 5.69 Å². The summed E-state index contributed by atoms with van der Waals surface area (Å²) in [5.74, 6) is 1.47. The summed E-state index contributed by atoms with van der Waals surface area (Å²) in [6, 6.07) is 23.4. The Morgan fingerprint density at radius 3 is 2.26 bits per heavy atom. The van der Waals surface area contributed by atoms with Gasteiger partial charge in [0.2, 0.25) is 5.82 Å². The van der Waals surface area contributed by atoms with Crippen LogP contribution in [-0.2, 0) is 0 Å². The van der Waals surface area contributed by atoms with Crippen LogP contribution in [0, 0.1) is 10.1 Å².